The standard InChI is InChI=1S/C15H31N3/c1-4-14-11-18(10-9-17(14)3)15(12-16)8-6-5-7-13(15)2/h13-14H,4-12,16H2,1-3H3. The van der Waals surface area contributed by atoms with Gasteiger partial charge in [-0.15, -0.1) is 0 Å². The second kappa shape index (κ2) is 5.89. The molecule has 18 heavy (non-hydrogen) atoms. The predicted molar refractivity (Wildman–Crippen MR) is 77.7 cm³/mol. The van der Waals surface area contributed by atoms with Crippen LogP contribution in [0.1, 0.15) is 46.0 Å². The van der Waals surface area contributed by atoms with Gasteiger partial charge in [0.2, 0.25) is 0 Å². The molecular formula is C15H31N3. The van der Waals surface area contributed by atoms with E-state index in [-0.39, 0.29) is 0 Å². The monoisotopic (exact) mass is 253 g/mol. The molecule has 2 rings (SSSR count). The molecule has 2 fully saturated rings. The lowest BCUT2D eigenvalue weighted by atomic mass is 9.72. The van der Waals surface area contributed by atoms with E-state index in [1.165, 1.54) is 51.7 Å². The normalized spacial score (nSPS) is 40.0. The number of rotatable bonds is 3. The van der Waals surface area contributed by atoms with Crippen LogP contribution in [0.3, 0.4) is 0 Å². The fraction of sp³-hybridized carbons (Fsp3) is 1.00. The van der Waals surface area contributed by atoms with Crippen molar-refractivity contribution in [3.05, 3.63) is 0 Å². The molecule has 2 aliphatic rings. The van der Waals surface area contributed by atoms with Crippen LogP contribution in [0, 0.1) is 5.92 Å². The first-order valence-electron chi connectivity index (χ1n) is 7.79. The van der Waals surface area contributed by atoms with Crippen molar-refractivity contribution in [2.24, 2.45) is 11.7 Å². The van der Waals surface area contributed by atoms with Gasteiger partial charge in [-0.3, -0.25) is 4.90 Å². The maximum atomic E-state index is 6.23. The van der Waals surface area contributed by atoms with Crippen LogP contribution in [0.25, 0.3) is 0 Å². The van der Waals surface area contributed by atoms with Crippen LogP contribution in [0.5, 0.6) is 0 Å². The fourth-order valence-electron chi connectivity index (χ4n) is 4.09. The van der Waals surface area contributed by atoms with E-state index >= 15 is 0 Å². The van der Waals surface area contributed by atoms with Gasteiger partial charge in [0, 0.05) is 37.8 Å². The van der Waals surface area contributed by atoms with Gasteiger partial charge >= 0.3 is 0 Å². The molecule has 1 saturated heterocycles. The number of likely N-dealkylation sites (N-methyl/N-ethyl adjacent to an activating group) is 1. The molecule has 0 radical (unpaired) electrons. The molecule has 3 heteroatoms. The summed E-state index contributed by atoms with van der Waals surface area (Å²) in [6.45, 7) is 9.19. The molecule has 1 heterocycles. The minimum absolute atomic E-state index is 0.299. The zero-order chi connectivity index (χ0) is 13.2. The third-order valence-electron chi connectivity index (χ3n) is 5.65. The van der Waals surface area contributed by atoms with Crippen LogP contribution >= 0.6 is 0 Å². The third-order valence-corrected chi connectivity index (χ3v) is 5.65. The van der Waals surface area contributed by atoms with Gasteiger partial charge in [-0.1, -0.05) is 26.7 Å². The number of hydrogen-bond acceptors (Lipinski definition) is 3. The Hall–Kier alpha value is -0.120. The molecule has 0 aromatic carbocycles. The summed E-state index contributed by atoms with van der Waals surface area (Å²) in [4.78, 5) is 5.26. The van der Waals surface area contributed by atoms with Crippen molar-refractivity contribution in [3.8, 4) is 0 Å². The zero-order valence-electron chi connectivity index (χ0n) is 12.5. The van der Waals surface area contributed by atoms with Gasteiger partial charge in [-0.05, 0) is 32.2 Å². The highest BCUT2D eigenvalue weighted by atomic mass is 15.3. The first-order valence-corrected chi connectivity index (χ1v) is 7.79. The van der Waals surface area contributed by atoms with Crippen molar-refractivity contribution >= 4 is 0 Å². The number of hydrogen-bond donors (Lipinski definition) is 1. The molecule has 3 nitrogen and oxygen atoms in total. The number of nitrogens with zero attached hydrogens (tertiary/aromatic N) is 2. The first-order chi connectivity index (χ1) is 8.64. The molecule has 0 aromatic rings. The highest BCUT2D eigenvalue weighted by Crippen LogP contribution is 2.38. The Bertz CT molecular complexity index is 268. The smallest absolute Gasteiger partial charge is 0.0358 e. The summed E-state index contributed by atoms with van der Waals surface area (Å²) in [5, 5.41) is 0. The summed E-state index contributed by atoms with van der Waals surface area (Å²) >= 11 is 0. The average Bonchev–Trinajstić information content (AvgIpc) is 2.40. The van der Waals surface area contributed by atoms with Gasteiger partial charge in [0.1, 0.15) is 0 Å². The Morgan fingerprint density at radius 3 is 2.67 bits per heavy atom. The van der Waals surface area contributed by atoms with Gasteiger partial charge in [0.05, 0.1) is 0 Å². The Morgan fingerprint density at radius 1 is 1.28 bits per heavy atom. The lowest BCUT2D eigenvalue weighted by Gasteiger charge is -2.54. The van der Waals surface area contributed by atoms with E-state index in [9.17, 15) is 0 Å². The van der Waals surface area contributed by atoms with Crippen molar-refractivity contribution in [2.45, 2.75) is 57.5 Å². The highest BCUT2D eigenvalue weighted by Gasteiger charge is 2.43. The molecule has 0 amide bonds. The summed E-state index contributed by atoms with van der Waals surface area (Å²) in [5.41, 5.74) is 6.52. The Morgan fingerprint density at radius 2 is 2.06 bits per heavy atom. The molecule has 0 bridgehead atoms. The molecule has 3 unspecified atom stereocenters. The van der Waals surface area contributed by atoms with Crippen LogP contribution in [0.2, 0.25) is 0 Å². The average molecular weight is 253 g/mol. The van der Waals surface area contributed by atoms with Gasteiger partial charge in [0.25, 0.3) is 0 Å². The Kier molecular flexibility index (Phi) is 4.68. The first kappa shape index (κ1) is 14.3. The molecule has 0 aromatic heterocycles. The van der Waals surface area contributed by atoms with Crippen molar-refractivity contribution in [2.75, 3.05) is 33.2 Å². The van der Waals surface area contributed by atoms with Crippen molar-refractivity contribution in [3.63, 3.8) is 0 Å². The molecular weight excluding hydrogens is 222 g/mol. The summed E-state index contributed by atoms with van der Waals surface area (Å²) in [7, 11) is 2.27. The SMILES string of the molecule is CCC1CN(C2(CN)CCCCC2C)CCN1C. The summed E-state index contributed by atoms with van der Waals surface area (Å²) in [6, 6.07) is 0.719. The second-order valence-corrected chi connectivity index (χ2v) is 6.44. The molecule has 2 N–H and O–H groups in total. The van der Waals surface area contributed by atoms with E-state index in [1.807, 2.05) is 0 Å². The Labute approximate surface area is 113 Å². The minimum atomic E-state index is 0.299. The van der Waals surface area contributed by atoms with Gasteiger partial charge < -0.3 is 10.6 Å². The van der Waals surface area contributed by atoms with Crippen molar-refractivity contribution < 1.29 is 0 Å². The fourth-order valence-corrected chi connectivity index (χ4v) is 4.09. The maximum absolute atomic E-state index is 6.23. The van der Waals surface area contributed by atoms with E-state index in [2.05, 4.69) is 30.7 Å². The molecule has 1 aliphatic carbocycles. The lowest BCUT2D eigenvalue weighted by molar-refractivity contribution is -0.0351. The second-order valence-electron chi connectivity index (χ2n) is 6.44. The van der Waals surface area contributed by atoms with E-state index < -0.39 is 0 Å². The Balaban J connectivity index is 2.12. The van der Waals surface area contributed by atoms with Gasteiger partial charge in [-0.2, -0.15) is 0 Å². The van der Waals surface area contributed by atoms with Crippen molar-refractivity contribution in [1.82, 2.24) is 9.80 Å². The largest absolute Gasteiger partial charge is 0.329 e. The molecule has 106 valence electrons. The van der Waals surface area contributed by atoms with Crippen LogP contribution in [0.4, 0.5) is 0 Å². The van der Waals surface area contributed by atoms with Crippen LogP contribution in [0.15, 0.2) is 0 Å². The molecule has 0 spiro atoms. The molecule has 3 atom stereocenters. The van der Waals surface area contributed by atoms with E-state index in [4.69, 9.17) is 5.73 Å². The maximum Gasteiger partial charge on any atom is 0.0358 e. The van der Waals surface area contributed by atoms with Crippen LogP contribution < -0.4 is 5.73 Å². The summed E-state index contributed by atoms with van der Waals surface area (Å²) < 4.78 is 0. The van der Waals surface area contributed by atoms with Crippen LogP contribution in [-0.4, -0.2) is 54.6 Å². The quantitative estimate of drug-likeness (QED) is 0.834. The number of nitrogens with two attached hydrogens (primary N) is 1. The topological polar surface area (TPSA) is 32.5 Å². The predicted octanol–water partition coefficient (Wildman–Crippen LogP) is 1.92. The van der Waals surface area contributed by atoms with E-state index in [1.54, 1.807) is 0 Å². The van der Waals surface area contributed by atoms with E-state index in [0.29, 0.717) is 5.54 Å². The van der Waals surface area contributed by atoms with Gasteiger partial charge in [-0.25, -0.2) is 0 Å². The number of piperazine rings is 1. The van der Waals surface area contributed by atoms with Crippen molar-refractivity contribution in [1.29, 1.82) is 0 Å². The third kappa shape index (κ3) is 2.45. The van der Waals surface area contributed by atoms with Gasteiger partial charge in [0.15, 0.2) is 0 Å². The zero-order valence-corrected chi connectivity index (χ0v) is 12.5. The molecule has 1 saturated carbocycles. The minimum Gasteiger partial charge on any atom is -0.329 e. The van der Waals surface area contributed by atoms with Crippen LogP contribution in [-0.2, 0) is 0 Å². The summed E-state index contributed by atoms with van der Waals surface area (Å²) in [6.07, 6.45) is 6.69. The summed E-state index contributed by atoms with van der Waals surface area (Å²) in [5.74, 6) is 0.761. The van der Waals surface area contributed by atoms with E-state index in [0.717, 1.165) is 18.5 Å². The lowest BCUT2D eigenvalue weighted by Crippen LogP contribution is -2.65. The highest BCUT2D eigenvalue weighted by molar-refractivity contribution is 5.00. The molecule has 1 aliphatic heterocycles.